The van der Waals surface area contributed by atoms with Crippen molar-refractivity contribution in [2.24, 2.45) is 0 Å². The number of anilines is 2. The van der Waals surface area contributed by atoms with E-state index in [4.69, 9.17) is 4.74 Å². The molecule has 1 aliphatic heterocycles. The fourth-order valence-corrected chi connectivity index (χ4v) is 3.56. The van der Waals surface area contributed by atoms with Crippen LogP contribution in [0, 0.1) is 5.82 Å². The second kappa shape index (κ2) is 8.87. The monoisotopic (exact) mass is 419 g/mol. The van der Waals surface area contributed by atoms with Crippen molar-refractivity contribution in [1.82, 2.24) is 5.32 Å². The number of carbonyl (C=O) groups excluding carboxylic acids is 2. The summed E-state index contributed by atoms with van der Waals surface area (Å²) < 4.78 is 18.4. The van der Waals surface area contributed by atoms with E-state index in [1.165, 1.54) is 18.2 Å². The number of nitrogens with one attached hydrogen (secondary N) is 2. The minimum atomic E-state index is -0.433. The van der Waals surface area contributed by atoms with Gasteiger partial charge in [0.15, 0.2) is 0 Å². The van der Waals surface area contributed by atoms with Crippen LogP contribution in [0.25, 0.3) is 0 Å². The van der Waals surface area contributed by atoms with Crippen molar-refractivity contribution in [3.05, 3.63) is 89.2 Å². The molecule has 2 N–H and O–H groups in total. The summed E-state index contributed by atoms with van der Waals surface area (Å²) in [4.78, 5) is 26.9. The van der Waals surface area contributed by atoms with Gasteiger partial charge in [0.25, 0.3) is 5.91 Å². The number of benzene rings is 3. The van der Waals surface area contributed by atoms with Crippen LogP contribution in [0.2, 0.25) is 0 Å². The Bertz CT molecular complexity index is 1120. The molecule has 0 saturated carbocycles. The molecule has 0 saturated heterocycles. The third kappa shape index (κ3) is 4.66. The summed E-state index contributed by atoms with van der Waals surface area (Å²) in [6.45, 7) is 0.885. The van der Waals surface area contributed by atoms with Gasteiger partial charge in [-0.05, 0) is 66.1 Å². The zero-order valence-corrected chi connectivity index (χ0v) is 17.0. The van der Waals surface area contributed by atoms with Gasteiger partial charge in [-0.15, -0.1) is 0 Å². The summed E-state index contributed by atoms with van der Waals surface area (Å²) in [5.74, 6) is 0.205. The first-order valence-electron chi connectivity index (χ1n) is 9.91. The quantitative estimate of drug-likeness (QED) is 0.646. The number of amides is 3. The van der Waals surface area contributed by atoms with E-state index in [9.17, 15) is 14.0 Å². The van der Waals surface area contributed by atoms with Crippen molar-refractivity contribution >= 4 is 23.3 Å². The Morgan fingerprint density at radius 1 is 1.06 bits per heavy atom. The molecular formula is C24H22FN3O3. The zero-order chi connectivity index (χ0) is 21.8. The number of carbonyl (C=O) groups is 2. The molecule has 3 aromatic carbocycles. The van der Waals surface area contributed by atoms with Crippen LogP contribution in [0.5, 0.6) is 5.75 Å². The minimum Gasteiger partial charge on any atom is -0.497 e. The van der Waals surface area contributed by atoms with E-state index in [0.29, 0.717) is 23.5 Å². The number of fused-ring (bicyclic) bond motifs is 1. The average molecular weight is 419 g/mol. The summed E-state index contributed by atoms with van der Waals surface area (Å²) in [7, 11) is 1.58. The maximum atomic E-state index is 13.2. The van der Waals surface area contributed by atoms with Crippen molar-refractivity contribution < 1.29 is 18.7 Å². The molecule has 1 heterocycles. The largest absolute Gasteiger partial charge is 0.497 e. The normalized spacial score (nSPS) is 12.3. The zero-order valence-electron chi connectivity index (χ0n) is 17.0. The van der Waals surface area contributed by atoms with E-state index in [2.05, 4.69) is 10.6 Å². The van der Waals surface area contributed by atoms with Crippen LogP contribution in [0.1, 0.15) is 21.5 Å². The smallest absolute Gasteiger partial charge is 0.319 e. The van der Waals surface area contributed by atoms with Crippen LogP contribution in [-0.2, 0) is 13.0 Å². The molecule has 0 unspecified atom stereocenters. The van der Waals surface area contributed by atoms with Gasteiger partial charge < -0.3 is 20.3 Å². The maximum Gasteiger partial charge on any atom is 0.319 e. The van der Waals surface area contributed by atoms with Gasteiger partial charge in [-0.25, -0.2) is 9.18 Å². The Morgan fingerprint density at radius 2 is 1.87 bits per heavy atom. The van der Waals surface area contributed by atoms with Gasteiger partial charge in [0.05, 0.1) is 7.11 Å². The highest BCUT2D eigenvalue weighted by atomic mass is 19.1. The molecule has 0 aromatic heterocycles. The second-order valence-electron chi connectivity index (χ2n) is 7.22. The molecule has 6 nitrogen and oxygen atoms in total. The molecule has 158 valence electrons. The molecule has 0 bridgehead atoms. The summed E-state index contributed by atoms with van der Waals surface area (Å²) >= 11 is 0. The van der Waals surface area contributed by atoms with E-state index >= 15 is 0 Å². The van der Waals surface area contributed by atoms with E-state index in [0.717, 1.165) is 23.2 Å². The number of nitrogens with zero attached hydrogens (tertiary/aromatic N) is 1. The summed E-state index contributed by atoms with van der Waals surface area (Å²) in [5, 5.41) is 5.35. The van der Waals surface area contributed by atoms with E-state index in [1.54, 1.807) is 42.3 Å². The number of methoxy groups -OCH3 is 1. The summed E-state index contributed by atoms with van der Waals surface area (Å²) in [6.07, 6.45) is 0.783. The van der Waals surface area contributed by atoms with Gasteiger partial charge in [0, 0.05) is 30.0 Å². The molecule has 3 aromatic rings. The Kier molecular flexibility index (Phi) is 5.84. The fraction of sp³-hybridized carbons (Fsp3) is 0.167. The SMILES string of the molecule is COc1ccc(C(=O)N2CCc3ccc(CNC(=O)Nc4cccc(F)c4)cc32)cc1. The highest BCUT2D eigenvalue weighted by molar-refractivity contribution is 6.07. The van der Waals surface area contributed by atoms with Gasteiger partial charge in [-0.3, -0.25) is 4.79 Å². The molecule has 31 heavy (non-hydrogen) atoms. The lowest BCUT2D eigenvalue weighted by Crippen LogP contribution is -2.29. The van der Waals surface area contributed by atoms with Gasteiger partial charge in [0.2, 0.25) is 0 Å². The van der Waals surface area contributed by atoms with E-state index in [-0.39, 0.29) is 12.5 Å². The Morgan fingerprint density at radius 3 is 2.61 bits per heavy atom. The van der Waals surface area contributed by atoms with Crippen molar-refractivity contribution in [3.8, 4) is 5.75 Å². The topological polar surface area (TPSA) is 70.7 Å². The number of hydrogen-bond donors (Lipinski definition) is 2. The standard InChI is InChI=1S/C24H22FN3O3/c1-31-21-9-7-18(8-10-21)23(29)28-12-11-17-6-5-16(13-22(17)28)15-26-24(30)27-20-4-2-3-19(25)14-20/h2-10,13-14H,11-12,15H2,1H3,(H2,26,27,30). The highest BCUT2D eigenvalue weighted by Crippen LogP contribution is 2.30. The first-order valence-corrected chi connectivity index (χ1v) is 9.91. The minimum absolute atomic E-state index is 0.0737. The Hall–Kier alpha value is -3.87. The first kappa shape index (κ1) is 20.4. The predicted molar refractivity (Wildman–Crippen MR) is 117 cm³/mol. The van der Waals surface area contributed by atoms with Gasteiger partial charge in [0.1, 0.15) is 11.6 Å². The van der Waals surface area contributed by atoms with Gasteiger partial charge in [-0.2, -0.15) is 0 Å². The molecule has 4 rings (SSSR count). The Labute approximate surface area is 179 Å². The average Bonchev–Trinajstić information content (AvgIpc) is 3.20. The highest BCUT2D eigenvalue weighted by Gasteiger charge is 2.25. The molecule has 3 amide bonds. The summed E-state index contributed by atoms with van der Waals surface area (Å²) in [6, 6.07) is 18.1. The molecule has 1 aliphatic rings. The third-order valence-corrected chi connectivity index (χ3v) is 5.16. The lowest BCUT2D eigenvalue weighted by atomic mass is 10.1. The predicted octanol–water partition coefficient (Wildman–Crippen LogP) is 4.36. The van der Waals surface area contributed by atoms with Crippen molar-refractivity contribution in [1.29, 1.82) is 0 Å². The molecule has 7 heteroatoms. The first-order chi connectivity index (χ1) is 15.0. The molecule has 0 fully saturated rings. The molecule has 0 radical (unpaired) electrons. The lowest BCUT2D eigenvalue weighted by Gasteiger charge is -2.18. The van der Waals surface area contributed by atoms with Crippen LogP contribution in [0.4, 0.5) is 20.6 Å². The van der Waals surface area contributed by atoms with Crippen LogP contribution < -0.4 is 20.3 Å². The fourth-order valence-electron chi connectivity index (χ4n) is 3.56. The van der Waals surface area contributed by atoms with Crippen LogP contribution in [0.3, 0.4) is 0 Å². The van der Waals surface area contributed by atoms with Gasteiger partial charge >= 0.3 is 6.03 Å². The Balaban J connectivity index is 1.42. The maximum absolute atomic E-state index is 13.2. The second-order valence-corrected chi connectivity index (χ2v) is 7.22. The number of urea groups is 1. The van der Waals surface area contributed by atoms with E-state index in [1.807, 2.05) is 18.2 Å². The molecular weight excluding hydrogens is 397 g/mol. The number of halogens is 1. The number of rotatable bonds is 5. The van der Waals surface area contributed by atoms with Crippen molar-refractivity contribution in [2.45, 2.75) is 13.0 Å². The van der Waals surface area contributed by atoms with Gasteiger partial charge in [-0.1, -0.05) is 18.2 Å². The molecule has 0 atom stereocenters. The van der Waals surface area contributed by atoms with Crippen LogP contribution >= 0.6 is 0 Å². The van der Waals surface area contributed by atoms with E-state index < -0.39 is 11.8 Å². The number of ether oxygens (including phenoxy) is 1. The molecule has 0 spiro atoms. The number of hydrogen-bond acceptors (Lipinski definition) is 3. The van der Waals surface area contributed by atoms with Crippen molar-refractivity contribution in [2.75, 3.05) is 23.9 Å². The third-order valence-electron chi connectivity index (χ3n) is 5.16. The van der Waals surface area contributed by atoms with Crippen LogP contribution in [0.15, 0.2) is 66.7 Å². The summed E-state index contributed by atoms with van der Waals surface area (Å²) in [5.41, 5.74) is 3.78. The van der Waals surface area contributed by atoms with Crippen LogP contribution in [-0.4, -0.2) is 25.6 Å². The lowest BCUT2D eigenvalue weighted by molar-refractivity contribution is 0.0989. The van der Waals surface area contributed by atoms with Crippen molar-refractivity contribution in [3.63, 3.8) is 0 Å². The molecule has 0 aliphatic carbocycles.